The molecule has 1 aliphatic carbocycles. The van der Waals surface area contributed by atoms with Gasteiger partial charge < -0.3 is 0 Å². The Balaban J connectivity index is 2.28. The summed E-state index contributed by atoms with van der Waals surface area (Å²) in [5.74, 6) is 0.0884. The van der Waals surface area contributed by atoms with Gasteiger partial charge in [0.1, 0.15) is 11.6 Å². The van der Waals surface area contributed by atoms with Crippen LogP contribution in [0.1, 0.15) is 41.5 Å². The van der Waals surface area contributed by atoms with Crippen molar-refractivity contribution in [3.63, 3.8) is 0 Å². The maximum atomic E-state index is 12.2. The lowest BCUT2D eigenvalue weighted by Gasteiger charge is -2.39. The zero-order valence-corrected chi connectivity index (χ0v) is 13.1. The van der Waals surface area contributed by atoms with Crippen LogP contribution >= 0.6 is 0 Å². The van der Waals surface area contributed by atoms with E-state index < -0.39 is 5.41 Å². The van der Waals surface area contributed by atoms with E-state index >= 15 is 0 Å². The first-order valence-electron chi connectivity index (χ1n) is 7.68. The first-order chi connectivity index (χ1) is 10.5. The van der Waals surface area contributed by atoms with Crippen LogP contribution in [0.25, 0.3) is 0 Å². The third-order valence-electron chi connectivity index (χ3n) is 4.71. The molecule has 0 N–H and O–H groups in total. The van der Waals surface area contributed by atoms with E-state index in [4.69, 9.17) is 0 Å². The lowest BCUT2D eigenvalue weighted by Crippen LogP contribution is -2.39. The Labute approximate surface area is 131 Å². The molecule has 0 aliphatic heterocycles. The molecule has 2 heteroatoms. The molecule has 2 aromatic carbocycles. The van der Waals surface area contributed by atoms with Crippen LogP contribution in [0.5, 0.6) is 0 Å². The van der Waals surface area contributed by atoms with Crippen molar-refractivity contribution in [2.24, 2.45) is 0 Å². The minimum atomic E-state index is -0.511. The monoisotopic (exact) mass is 292 g/mol. The highest BCUT2D eigenvalue weighted by Gasteiger charge is 2.43. The van der Waals surface area contributed by atoms with Crippen LogP contribution in [0.15, 0.2) is 48.5 Å². The Kier molecular flexibility index (Phi) is 3.69. The van der Waals surface area contributed by atoms with Gasteiger partial charge in [-0.25, -0.2) is 0 Å². The normalized spacial score (nSPS) is 17.5. The summed E-state index contributed by atoms with van der Waals surface area (Å²) in [6, 6.07) is 16.2. The third kappa shape index (κ3) is 2.39. The molecule has 3 rings (SSSR count). The van der Waals surface area contributed by atoms with Gasteiger partial charge in [0.2, 0.25) is 0 Å². The Hall–Kier alpha value is -2.22. The molecule has 0 amide bonds. The number of carbonyl (C=O) groups is 2. The zero-order valence-electron chi connectivity index (χ0n) is 13.1. The molecular formula is C20H20O2. The van der Waals surface area contributed by atoms with Crippen LogP contribution in [-0.4, -0.2) is 11.6 Å². The molecule has 1 aliphatic rings. The Morgan fingerprint density at radius 3 is 1.55 bits per heavy atom. The fourth-order valence-corrected chi connectivity index (χ4v) is 3.83. The minimum absolute atomic E-state index is 0.0442. The molecule has 0 heterocycles. The fourth-order valence-electron chi connectivity index (χ4n) is 3.83. The van der Waals surface area contributed by atoms with Gasteiger partial charge in [0.15, 0.2) is 0 Å². The van der Waals surface area contributed by atoms with Crippen LogP contribution in [0.2, 0.25) is 0 Å². The third-order valence-corrected chi connectivity index (χ3v) is 4.71. The molecule has 0 saturated heterocycles. The van der Waals surface area contributed by atoms with Crippen molar-refractivity contribution >= 4 is 11.6 Å². The van der Waals surface area contributed by atoms with Crippen LogP contribution in [-0.2, 0) is 15.0 Å². The number of benzene rings is 2. The molecule has 0 bridgehead atoms. The standard InChI is InChI=1S/C20H20O2/c1-14-7-3-5-9-18(14)20(12-16(21)11-17(22)13-20)19-10-6-4-8-15(19)2/h3-10H,11-13H2,1-2H3. The van der Waals surface area contributed by atoms with Crippen molar-refractivity contribution in [2.75, 3.05) is 0 Å². The summed E-state index contributed by atoms with van der Waals surface area (Å²) in [4.78, 5) is 24.5. The highest BCUT2D eigenvalue weighted by Crippen LogP contribution is 2.44. The average Bonchev–Trinajstić information content (AvgIpc) is 2.47. The molecule has 112 valence electrons. The second kappa shape index (κ2) is 5.53. The van der Waals surface area contributed by atoms with E-state index in [-0.39, 0.29) is 18.0 Å². The van der Waals surface area contributed by atoms with E-state index in [2.05, 4.69) is 38.1 Å². The maximum Gasteiger partial charge on any atom is 0.141 e. The van der Waals surface area contributed by atoms with Crippen molar-refractivity contribution in [1.82, 2.24) is 0 Å². The van der Waals surface area contributed by atoms with E-state index in [0.29, 0.717) is 12.8 Å². The first kappa shape index (κ1) is 14.7. The van der Waals surface area contributed by atoms with Crippen molar-refractivity contribution in [1.29, 1.82) is 0 Å². The molecule has 0 radical (unpaired) electrons. The fraction of sp³-hybridized carbons (Fsp3) is 0.300. The summed E-state index contributed by atoms with van der Waals surface area (Å²) < 4.78 is 0. The van der Waals surface area contributed by atoms with Crippen molar-refractivity contribution in [3.05, 3.63) is 70.8 Å². The van der Waals surface area contributed by atoms with E-state index in [0.717, 1.165) is 22.3 Å². The van der Waals surface area contributed by atoms with Crippen molar-refractivity contribution in [3.8, 4) is 0 Å². The Bertz CT molecular complexity index is 679. The van der Waals surface area contributed by atoms with E-state index in [1.807, 2.05) is 24.3 Å². The lowest BCUT2D eigenvalue weighted by molar-refractivity contribution is -0.131. The molecule has 2 nitrogen and oxygen atoms in total. The van der Waals surface area contributed by atoms with Crippen LogP contribution < -0.4 is 0 Å². The van der Waals surface area contributed by atoms with Crippen LogP contribution in [0.4, 0.5) is 0 Å². The molecule has 0 spiro atoms. The van der Waals surface area contributed by atoms with Crippen molar-refractivity contribution < 1.29 is 9.59 Å². The second-order valence-corrected chi connectivity index (χ2v) is 6.32. The topological polar surface area (TPSA) is 34.1 Å². The summed E-state index contributed by atoms with van der Waals surface area (Å²) >= 11 is 0. The maximum absolute atomic E-state index is 12.2. The number of hydrogen-bond donors (Lipinski definition) is 0. The number of Topliss-reactive ketones (excluding diaryl/α,β-unsaturated/α-hetero) is 2. The molecule has 2 aromatic rings. The van der Waals surface area contributed by atoms with Gasteiger partial charge in [-0.15, -0.1) is 0 Å². The van der Waals surface area contributed by atoms with E-state index in [1.54, 1.807) is 0 Å². The zero-order chi connectivity index (χ0) is 15.7. The summed E-state index contributed by atoms with van der Waals surface area (Å²) in [7, 11) is 0. The molecule has 0 unspecified atom stereocenters. The van der Waals surface area contributed by atoms with Gasteiger partial charge in [-0.05, 0) is 36.1 Å². The van der Waals surface area contributed by atoms with Crippen LogP contribution in [0.3, 0.4) is 0 Å². The van der Waals surface area contributed by atoms with Gasteiger partial charge in [0.05, 0.1) is 6.42 Å². The Morgan fingerprint density at radius 2 is 1.14 bits per heavy atom. The van der Waals surface area contributed by atoms with E-state index in [9.17, 15) is 9.59 Å². The Morgan fingerprint density at radius 1 is 0.727 bits per heavy atom. The minimum Gasteiger partial charge on any atom is -0.299 e. The highest BCUT2D eigenvalue weighted by molar-refractivity contribution is 6.03. The molecule has 0 aromatic heterocycles. The molecule has 22 heavy (non-hydrogen) atoms. The quantitative estimate of drug-likeness (QED) is 0.786. The predicted molar refractivity (Wildman–Crippen MR) is 87.0 cm³/mol. The summed E-state index contributed by atoms with van der Waals surface area (Å²) in [6.45, 7) is 4.11. The van der Waals surface area contributed by atoms with Gasteiger partial charge in [-0.3, -0.25) is 9.59 Å². The van der Waals surface area contributed by atoms with Gasteiger partial charge in [-0.2, -0.15) is 0 Å². The summed E-state index contributed by atoms with van der Waals surface area (Å²) in [5, 5.41) is 0. The predicted octanol–water partition coefficient (Wildman–Crippen LogP) is 3.91. The van der Waals surface area contributed by atoms with E-state index in [1.165, 1.54) is 0 Å². The summed E-state index contributed by atoms with van der Waals surface area (Å²) in [5.41, 5.74) is 3.96. The number of hydrogen-bond acceptors (Lipinski definition) is 2. The SMILES string of the molecule is Cc1ccccc1C1(c2ccccc2C)CC(=O)CC(=O)C1. The molecular weight excluding hydrogens is 272 g/mol. The molecule has 1 fully saturated rings. The number of aryl methyl sites for hydroxylation is 2. The lowest BCUT2D eigenvalue weighted by atomic mass is 9.62. The van der Waals surface area contributed by atoms with Gasteiger partial charge in [-0.1, -0.05) is 48.5 Å². The van der Waals surface area contributed by atoms with Gasteiger partial charge in [0.25, 0.3) is 0 Å². The molecule has 0 atom stereocenters. The number of carbonyl (C=O) groups excluding carboxylic acids is 2. The largest absolute Gasteiger partial charge is 0.299 e. The highest BCUT2D eigenvalue weighted by atomic mass is 16.1. The number of rotatable bonds is 2. The first-order valence-corrected chi connectivity index (χ1v) is 7.68. The molecule has 1 saturated carbocycles. The van der Waals surface area contributed by atoms with Crippen molar-refractivity contribution in [2.45, 2.75) is 38.5 Å². The average molecular weight is 292 g/mol. The number of ketones is 2. The summed E-state index contributed by atoms with van der Waals surface area (Å²) in [6.07, 6.45) is 0.905. The second-order valence-electron chi connectivity index (χ2n) is 6.32. The smallest absolute Gasteiger partial charge is 0.141 e. The van der Waals surface area contributed by atoms with Gasteiger partial charge >= 0.3 is 0 Å². The van der Waals surface area contributed by atoms with Gasteiger partial charge in [0, 0.05) is 18.3 Å². The van der Waals surface area contributed by atoms with Crippen LogP contribution in [0, 0.1) is 13.8 Å².